The Morgan fingerprint density at radius 1 is 0.960 bits per heavy atom. The van der Waals surface area contributed by atoms with Crippen LogP contribution in [0.3, 0.4) is 0 Å². The van der Waals surface area contributed by atoms with Crippen LogP contribution in [0.1, 0.15) is 32.1 Å². The average molecular weight is 353 g/mol. The molecule has 0 radical (unpaired) electrons. The molecule has 0 aliphatic carbocycles. The van der Waals surface area contributed by atoms with E-state index in [-0.39, 0.29) is 23.8 Å². The van der Waals surface area contributed by atoms with Crippen molar-refractivity contribution in [3.63, 3.8) is 0 Å². The topological polar surface area (TPSA) is 71.1 Å². The Labute approximate surface area is 150 Å². The van der Waals surface area contributed by atoms with Crippen molar-refractivity contribution in [2.75, 3.05) is 59.1 Å². The van der Waals surface area contributed by atoms with Crippen LogP contribution in [-0.2, 0) is 19.1 Å². The third-order valence-corrected chi connectivity index (χ3v) is 5.39. The van der Waals surface area contributed by atoms with Gasteiger partial charge in [-0.15, -0.1) is 0 Å². The number of carbonyl (C=O) groups excluding carboxylic acids is 2. The maximum absolute atomic E-state index is 12.6. The molecule has 0 aromatic rings. The fraction of sp³-hybridized carbons (Fsp3) is 0.889. The van der Waals surface area contributed by atoms with Crippen molar-refractivity contribution >= 4 is 11.8 Å². The molecule has 3 heterocycles. The smallest absolute Gasteiger partial charge is 0.234 e. The van der Waals surface area contributed by atoms with Crippen molar-refractivity contribution in [1.82, 2.24) is 15.1 Å². The van der Waals surface area contributed by atoms with Gasteiger partial charge in [0.05, 0.1) is 12.6 Å². The lowest BCUT2D eigenvalue weighted by Gasteiger charge is -2.28. The van der Waals surface area contributed by atoms with E-state index in [1.807, 2.05) is 4.90 Å². The molecule has 2 amide bonds. The highest BCUT2D eigenvalue weighted by Crippen LogP contribution is 2.18. The van der Waals surface area contributed by atoms with Crippen LogP contribution in [0.4, 0.5) is 0 Å². The predicted octanol–water partition coefficient (Wildman–Crippen LogP) is 0.243. The molecular weight excluding hydrogens is 322 g/mol. The molecule has 1 atom stereocenters. The zero-order valence-electron chi connectivity index (χ0n) is 15.1. The van der Waals surface area contributed by atoms with E-state index < -0.39 is 0 Å². The summed E-state index contributed by atoms with van der Waals surface area (Å²) < 4.78 is 10.9. The summed E-state index contributed by atoms with van der Waals surface area (Å²) in [4.78, 5) is 28.9. The van der Waals surface area contributed by atoms with Crippen molar-refractivity contribution in [2.45, 2.75) is 38.2 Å². The molecule has 25 heavy (non-hydrogen) atoms. The van der Waals surface area contributed by atoms with Gasteiger partial charge in [-0.25, -0.2) is 0 Å². The highest BCUT2D eigenvalue weighted by molar-refractivity contribution is 5.79. The Kier molecular flexibility index (Phi) is 7.07. The average Bonchev–Trinajstić information content (AvgIpc) is 3.06. The number of hydrogen-bond donors (Lipinski definition) is 1. The van der Waals surface area contributed by atoms with E-state index in [4.69, 9.17) is 9.47 Å². The van der Waals surface area contributed by atoms with Crippen LogP contribution in [0.5, 0.6) is 0 Å². The SMILES string of the molecule is O=C(CN1CCCN(C(=O)C2CCOCC2)CC1)NCC1CCCO1. The minimum Gasteiger partial charge on any atom is -0.381 e. The first-order chi connectivity index (χ1) is 12.2. The molecule has 7 nitrogen and oxygen atoms in total. The van der Waals surface area contributed by atoms with E-state index in [9.17, 15) is 9.59 Å². The van der Waals surface area contributed by atoms with Crippen molar-refractivity contribution in [1.29, 1.82) is 0 Å². The minimum atomic E-state index is 0.0553. The Hall–Kier alpha value is -1.18. The molecule has 1 N–H and O–H groups in total. The van der Waals surface area contributed by atoms with Crippen LogP contribution in [0.15, 0.2) is 0 Å². The maximum Gasteiger partial charge on any atom is 0.234 e. The predicted molar refractivity (Wildman–Crippen MR) is 93.2 cm³/mol. The van der Waals surface area contributed by atoms with Gasteiger partial charge < -0.3 is 19.7 Å². The molecule has 7 heteroatoms. The number of amides is 2. The number of hydrogen-bond acceptors (Lipinski definition) is 5. The summed E-state index contributed by atoms with van der Waals surface area (Å²) in [6.07, 6.45) is 4.90. The quantitative estimate of drug-likeness (QED) is 0.767. The van der Waals surface area contributed by atoms with E-state index in [1.54, 1.807) is 0 Å². The van der Waals surface area contributed by atoms with Crippen LogP contribution in [0.25, 0.3) is 0 Å². The first-order valence-corrected chi connectivity index (χ1v) is 9.69. The van der Waals surface area contributed by atoms with Gasteiger partial charge in [0.1, 0.15) is 0 Å². The standard InChI is InChI=1S/C18H31N3O4/c22-17(19-13-16-3-1-10-25-16)14-20-6-2-7-21(9-8-20)18(23)15-4-11-24-12-5-15/h15-16H,1-14H2,(H,19,22). The van der Waals surface area contributed by atoms with Gasteiger partial charge in [0.2, 0.25) is 11.8 Å². The van der Waals surface area contributed by atoms with Gasteiger partial charge in [0.25, 0.3) is 0 Å². The lowest BCUT2D eigenvalue weighted by Crippen LogP contribution is -2.43. The summed E-state index contributed by atoms with van der Waals surface area (Å²) in [6.45, 7) is 6.37. The van der Waals surface area contributed by atoms with Gasteiger partial charge in [-0.1, -0.05) is 0 Å². The third kappa shape index (κ3) is 5.66. The Bertz CT molecular complexity index is 448. The van der Waals surface area contributed by atoms with E-state index in [1.165, 1.54) is 0 Å². The van der Waals surface area contributed by atoms with Gasteiger partial charge in [-0.05, 0) is 32.1 Å². The molecule has 0 aromatic heterocycles. The molecule has 3 aliphatic rings. The molecule has 3 rings (SSSR count). The molecule has 0 saturated carbocycles. The van der Waals surface area contributed by atoms with Crippen LogP contribution >= 0.6 is 0 Å². The molecular formula is C18H31N3O4. The molecule has 3 saturated heterocycles. The van der Waals surface area contributed by atoms with Crippen LogP contribution < -0.4 is 5.32 Å². The summed E-state index contributed by atoms with van der Waals surface area (Å²) in [5.74, 6) is 0.447. The van der Waals surface area contributed by atoms with Crippen molar-refractivity contribution < 1.29 is 19.1 Å². The van der Waals surface area contributed by atoms with Gasteiger partial charge >= 0.3 is 0 Å². The monoisotopic (exact) mass is 353 g/mol. The van der Waals surface area contributed by atoms with Gasteiger partial charge in [-0.3, -0.25) is 14.5 Å². The second-order valence-electron chi connectivity index (χ2n) is 7.28. The summed E-state index contributed by atoms with van der Waals surface area (Å²) in [5.41, 5.74) is 0. The Morgan fingerprint density at radius 2 is 1.80 bits per heavy atom. The minimum absolute atomic E-state index is 0.0553. The lowest BCUT2D eigenvalue weighted by molar-refractivity contribution is -0.138. The van der Waals surface area contributed by atoms with Crippen molar-refractivity contribution in [3.05, 3.63) is 0 Å². The molecule has 1 unspecified atom stereocenters. The number of rotatable bonds is 5. The highest BCUT2D eigenvalue weighted by atomic mass is 16.5. The molecule has 3 fully saturated rings. The van der Waals surface area contributed by atoms with Crippen molar-refractivity contribution in [3.8, 4) is 0 Å². The highest BCUT2D eigenvalue weighted by Gasteiger charge is 2.28. The fourth-order valence-electron chi connectivity index (χ4n) is 3.84. The molecule has 142 valence electrons. The number of carbonyl (C=O) groups is 2. The summed E-state index contributed by atoms with van der Waals surface area (Å²) >= 11 is 0. The van der Waals surface area contributed by atoms with Gasteiger partial charge in [0.15, 0.2) is 0 Å². The zero-order chi connectivity index (χ0) is 17.5. The van der Waals surface area contributed by atoms with Crippen LogP contribution in [-0.4, -0.2) is 86.8 Å². The normalized spacial score (nSPS) is 26.4. The van der Waals surface area contributed by atoms with Gasteiger partial charge in [0, 0.05) is 58.5 Å². The maximum atomic E-state index is 12.6. The van der Waals surface area contributed by atoms with E-state index in [2.05, 4.69) is 10.2 Å². The second-order valence-corrected chi connectivity index (χ2v) is 7.28. The zero-order valence-corrected chi connectivity index (χ0v) is 15.1. The first-order valence-electron chi connectivity index (χ1n) is 9.69. The van der Waals surface area contributed by atoms with Crippen molar-refractivity contribution in [2.24, 2.45) is 5.92 Å². The number of nitrogens with zero attached hydrogens (tertiary/aromatic N) is 2. The second kappa shape index (κ2) is 9.50. The summed E-state index contributed by atoms with van der Waals surface area (Å²) in [5, 5.41) is 2.98. The van der Waals surface area contributed by atoms with E-state index in [0.29, 0.717) is 26.3 Å². The molecule has 0 aromatic carbocycles. The third-order valence-electron chi connectivity index (χ3n) is 5.39. The van der Waals surface area contributed by atoms with Gasteiger partial charge in [-0.2, -0.15) is 0 Å². The largest absolute Gasteiger partial charge is 0.381 e. The molecule has 3 aliphatic heterocycles. The molecule has 0 spiro atoms. The fourth-order valence-corrected chi connectivity index (χ4v) is 3.84. The van der Waals surface area contributed by atoms with Crippen LogP contribution in [0.2, 0.25) is 0 Å². The van der Waals surface area contributed by atoms with E-state index in [0.717, 1.165) is 64.9 Å². The Balaban J connectivity index is 1.38. The number of ether oxygens (including phenoxy) is 2. The summed E-state index contributed by atoms with van der Waals surface area (Å²) in [7, 11) is 0. The Morgan fingerprint density at radius 3 is 2.56 bits per heavy atom. The lowest BCUT2D eigenvalue weighted by atomic mass is 9.98. The molecule has 0 bridgehead atoms. The van der Waals surface area contributed by atoms with E-state index >= 15 is 0 Å². The first kappa shape index (κ1) is 18.6. The van der Waals surface area contributed by atoms with Crippen LogP contribution in [0, 0.1) is 5.92 Å². The summed E-state index contributed by atoms with van der Waals surface area (Å²) in [6, 6.07) is 0. The number of nitrogens with one attached hydrogen (secondary N) is 1.